The number of ether oxygens (including phenoxy) is 1. The molecule has 0 saturated heterocycles. The zero-order valence-electron chi connectivity index (χ0n) is 10.1. The molecule has 0 aliphatic carbocycles. The van der Waals surface area contributed by atoms with Crippen molar-refractivity contribution >= 4 is 11.3 Å². The molecule has 0 atom stereocenters. The molecule has 0 aliphatic heterocycles. The number of halogens is 1. The summed E-state index contributed by atoms with van der Waals surface area (Å²) in [6.07, 6.45) is 0. The van der Waals surface area contributed by atoms with Crippen LogP contribution in [-0.2, 0) is 13.2 Å². The molecule has 2 rings (SSSR count). The van der Waals surface area contributed by atoms with Gasteiger partial charge in [-0.1, -0.05) is 19.1 Å². The van der Waals surface area contributed by atoms with Gasteiger partial charge in [0, 0.05) is 11.9 Å². The van der Waals surface area contributed by atoms with E-state index in [1.165, 1.54) is 17.4 Å². The van der Waals surface area contributed by atoms with E-state index < -0.39 is 0 Å². The lowest BCUT2D eigenvalue weighted by atomic mass is 10.3. The largest absolute Gasteiger partial charge is 0.483 e. The van der Waals surface area contributed by atoms with Gasteiger partial charge in [-0.3, -0.25) is 0 Å². The van der Waals surface area contributed by atoms with E-state index in [0.717, 1.165) is 23.8 Å². The number of nitrogens with zero attached hydrogens (tertiary/aromatic N) is 1. The van der Waals surface area contributed by atoms with Crippen molar-refractivity contribution in [3.63, 3.8) is 0 Å². The average Bonchev–Trinajstić information content (AvgIpc) is 2.83. The molecule has 1 N–H and O–H groups in total. The Balaban J connectivity index is 1.90. The van der Waals surface area contributed by atoms with Gasteiger partial charge in [-0.05, 0) is 18.7 Å². The van der Waals surface area contributed by atoms with Crippen molar-refractivity contribution in [1.29, 1.82) is 0 Å². The first-order valence-electron chi connectivity index (χ1n) is 5.81. The van der Waals surface area contributed by atoms with Crippen LogP contribution < -0.4 is 10.1 Å². The van der Waals surface area contributed by atoms with Crippen molar-refractivity contribution in [3.05, 3.63) is 46.2 Å². The third kappa shape index (κ3) is 3.51. The van der Waals surface area contributed by atoms with Gasteiger partial charge in [-0.15, -0.1) is 11.3 Å². The second kappa shape index (κ2) is 6.47. The number of para-hydroxylation sites is 1. The fraction of sp³-hybridized carbons (Fsp3) is 0.308. The number of rotatable bonds is 6. The van der Waals surface area contributed by atoms with Crippen LogP contribution in [0.5, 0.6) is 5.75 Å². The van der Waals surface area contributed by atoms with E-state index in [1.807, 2.05) is 5.38 Å². The normalized spacial score (nSPS) is 10.6. The summed E-state index contributed by atoms with van der Waals surface area (Å²) in [5, 5.41) is 6.05. The number of nitrogens with one attached hydrogen (secondary N) is 1. The van der Waals surface area contributed by atoms with Crippen molar-refractivity contribution in [3.8, 4) is 5.75 Å². The Morgan fingerprint density at radius 2 is 2.22 bits per heavy atom. The molecule has 0 fully saturated rings. The molecule has 18 heavy (non-hydrogen) atoms. The zero-order chi connectivity index (χ0) is 12.8. The first-order valence-corrected chi connectivity index (χ1v) is 6.69. The minimum Gasteiger partial charge on any atom is -0.483 e. The highest BCUT2D eigenvalue weighted by Gasteiger charge is 2.05. The zero-order valence-corrected chi connectivity index (χ0v) is 11.0. The lowest BCUT2D eigenvalue weighted by Crippen LogP contribution is -2.12. The number of benzene rings is 1. The van der Waals surface area contributed by atoms with Crippen molar-refractivity contribution in [1.82, 2.24) is 10.3 Å². The monoisotopic (exact) mass is 266 g/mol. The maximum Gasteiger partial charge on any atom is 0.165 e. The summed E-state index contributed by atoms with van der Waals surface area (Å²) in [6.45, 7) is 4.03. The van der Waals surface area contributed by atoms with Gasteiger partial charge in [0.1, 0.15) is 11.6 Å². The third-order valence-corrected chi connectivity index (χ3v) is 3.21. The molecular weight excluding hydrogens is 251 g/mol. The molecule has 0 spiro atoms. The van der Waals surface area contributed by atoms with Crippen molar-refractivity contribution in [2.45, 2.75) is 20.1 Å². The smallest absolute Gasteiger partial charge is 0.165 e. The molecule has 0 saturated carbocycles. The lowest BCUT2D eigenvalue weighted by Gasteiger charge is -2.04. The van der Waals surface area contributed by atoms with Crippen LogP contribution in [0, 0.1) is 5.82 Å². The highest BCUT2D eigenvalue weighted by molar-refractivity contribution is 7.09. The molecule has 0 bridgehead atoms. The van der Waals surface area contributed by atoms with Gasteiger partial charge in [-0.25, -0.2) is 9.37 Å². The Morgan fingerprint density at radius 3 is 3.00 bits per heavy atom. The summed E-state index contributed by atoms with van der Waals surface area (Å²) in [4.78, 5) is 4.40. The van der Waals surface area contributed by atoms with Gasteiger partial charge in [-0.2, -0.15) is 0 Å². The van der Waals surface area contributed by atoms with E-state index in [2.05, 4.69) is 17.2 Å². The van der Waals surface area contributed by atoms with Gasteiger partial charge < -0.3 is 10.1 Å². The molecule has 0 radical (unpaired) electrons. The van der Waals surface area contributed by atoms with Crippen molar-refractivity contribution in [2.24, 2.45) is 0 Å². The average molecular weight is 266 g/mol. The highest BCUT2D eigenvalue weighted by Crippen LogP contribution is 2.18. The van der Waals surface area contributed by atoms with Crippen molar-refractivity contribution < 1.29 is 9.13 Å². The fourth-order valence-corrected chi connectivity index (χ4v) is 2.16. The molecule has 1 heterocycles. The molecule has 1 aromatic carbocycles. The predicted molar refractivity (Wildman–Crippen MR) is 70.2 cm³/mol. The topological polar surface area (TPSA) is 34.1 Å². The standard InChI is InChI=1S/C13H15FN2OS/c1-2-15-7-10-9-18-13(16-10)8-17-12-6-4-3-5-11(12)14/h3-6,9,15H,2,7-8H2,1H3. The van der Waals surface area contributed by atoms with Crippen LogP contribution in [0.1, 0.15) is 17.6 Å². The molecule has 2 aromatic rings. The molecule has 1 aromatic heterocycles. The minimum absolute atomic E-state index is 0.265. The van der Waals surface area contributed by atoms with Gasteiger partial charge in [0.25, 0.3) is 0 Å². The van der Waals surface area contributed by atoms with E-state index in [4.69, 9.17) is 4.74 Å². The van der Waals surface area contributed by atoms with Crippen LogP contribution >= 0.6 is 11.3 Å². The number of thiazole rings is 1. The Bertz CT molecular complexity index is 501. The highest BCUT2D eigenvalue weighted by atomic mass is 32.1. The van der Waals surface area contributed by atoms with E-state index in [0.29, 0.717) is 6.61 Å². The summed E-state index contributed by atoms with van der Waals surface area (Å²) in [7, 11) is 0. The molecule has 3 nitrogen and oxygen atoms in total. The predicted octanol–water partition coefficient (Wildman–Crippen LogP) is 2.97. The minimum atomic E-state index is -0.345. The van der Waals surface area contributed by atoms with E-state index in [9.17, 15) is 4.39 Å². The maximum absolute atomic E-state index is 13.3. The Labute approximate surface area is 110 Å². The van der Waals surface area contributed by atoms with Gasteiger partial charge in [0.05, 0.1) is 5.69 Å². The molecule has 96 valence electrons. The van der Waals surface area contributed by atoms with Crippen LogP contribution in [0.3, 0.4) is 0 Å². The Morgan fingerprint density at radius 1 is 1.39 bits per heavy atom. The second-order valence-corrected chi connectivity index (χ2v) is 4.67. The molecular formula is C13H15FN2OS. The number of hydrogen-bond acceptors (Lipinski definition) is 4. The van der Waals surface area contributed by atoms with Gasteiger partial charge in [0.15, 0.2) is 11.6 Å². The van der Waals surface area contributed by atoms with E-state index in [1.54, 1.807) is 18.2 Å². The molecule has 0 unspecified atom stereocenters. The SMILES string of the molecule is CCNCc1csc(COc2ccccc2F)n1. The van der Waals surface area contributed by atoms with E-state index >= 15 is 0 Å². The number of hydrogen-bond donors (Lipinski definition) is 1. The summed E-state index contributed by atoms with van der Waals surface area (Å²) in [5.74, 6) is -0.0807. The Kier molecular flexibility index (Phi) is 4.66. The van der Waals surface area contributed by atoms with Gasteiger partial charge in [0.2, 0.25) is 0 Å². The first kappa shape index (κ1) is 13.0. The summed E-state index contributed by atoms with van der Waals surface area (Å²) in [5.41, 5.74) is 0.994. The maximum atomic E-state index is 13.3. The van der Waals surface area contributed by atoms with Crippen LogP contribution in [0.15, 0.2) is 29.6 Å². The third-order valence-electron chi connectivity index (χ3n) is 2.34. The fourth-order valence-electron chi connectivity index (χ4n) is 1.45. The quantitative estimate of drug-likeness (QED) is 0.873. The number of aromatic nitrogens is 1. The summed E-state index contributed by atoms with van der Waals surface area (Å²) in [6, 6.07) is 6.38. The first-order chi connectivity index (χ1) is 8.79. The van der Waals surface area contributed by atoms with Crippen LogP contribution in [0.4, 0.5) is 4.39 Å². The Hall–Kier alpha value is -1.46. The summed E-state index contributed by atoms with van der Waals surface area (Å²) >= 11 is 1.53. The van der Waals surface area contributed by atoms with Crippen LogP contribution in [-0.4, -0.2) is 11.5 Å². The van der Waals surface area contributed by atoms with Crippen LogP contribution in [0.25, 0.3) is 0 Å². The summed E-state index contributed by atoms with van der Waals surface area (Å²) < 4.78 is 18.7. The second-order valence-electron chi connectivity index (χ2n) is 3.73. The van der Waals surface area contributed by atoms with Crippen molar-refractivity contribution in [2.75, 3.05) is 6.54 Å². The van der Waals surface area contributed by atoms with Gasteiger partial charge >= 0.3 is 0 Å². The lowest BCUT2D eigenvalue weighted by molar-refractivity contribution is 0.289. The molecule has 0 amide bonds. The van der Waals surface area contributed by atoms with E-state index in [-0.39, 0.29) is 11.6 Å². The van der Waals surface area contributed by atoms with Crippen LogP contribution in [0.2, 0.25) is 0 Å². The molecule has 5 heteroatoms. The molecule has 0 aliphatic rings.